The number of nitrogen functional groups attached to an aromatic ring is 1. The van der Waals surface area contributed by atoms with E-state index in [-0.39, 0.29) is 23.3 Å². The Balaban J connectivity index is 0.000000960. The Morgan fingerprint density at radius 2 is 1.79 bits per heavy atom. The van der Waals surface area contributed by atoms with E-state index in [1.807, 2.05) is 32.9 Å². The Bertz CT molecular complexity index is 736. The standard InChI is InChI=1S/C18H27N5O2.C2H4O2/c1-18(2,3)22-17(25)23-10-4-5-14(23)16(24)21-11-12-6-8-13(9-7-12)15(19)20;1-2(3)4/h6-9,14H,4-5,10-11H2,1-3H3,(H3,19,20)(H,21,24)(H,22,25);1H3,(H,3,4)/t14-;/m0./s1. The Morgan fingerprint density at radius 3 is 2.28 bits per heavy atom. The number of hydrogen-bond donors (Lipinski definition) is 5. The van der Waals surface area contributed by atoms with E-state index in [0.29, 0.717) is 25.1 Å². The maximum Gasteiger partial charge on any atom is 0.318 e. The molecule has 0 radical (unpaired) electrons. The van der Waals surface area contributed by atoms with Crippen LogP contribution >= 0.6 is 0 Å². The fourth-order valence-electron chi connectivity index (χ4n) is 2.78. The number of carboxylic acids is 1. The molecule has 1 aliphatic heterocycles. The smallest absolute Gasteiger partial charge is 0.318 e. The molecule has 29 heavy (non-hydrogen) atoms. The topological polar surface area (TPSA) is 149 Å². The van der Waals surface area contributed by atoms with Gasteiger partial charge in [-0.1, -0.05) is 24.3 Å². The molecule has 0 unspecified atom stereocenters. The second-order valence-electron chi connectivity index (χ2n) is 7.88. The van der Waals surface area contributed by atoms with E-state index in [1.54, 1.807) is 17.0 Å². The first-order chi connectivity index (χ1) is 13.4. The van der Waals surface area contributed by atoms with Crippen molar-refractivity contribution in [2.24, 2.45) is 5.73 Å². The van der Waals surface area contributed by atoms with Gasteiger partial charge in [-0.3, -0.25) is 15.0 Å². The van der Waals surface area contributed by atoms with Crippen molar-refractivity contribution in [2.45, 2.75) is 58.7 Å². The number of rotatable bonds is 4. The Hall–Kier alpha value is -3.10. The molecule has 160 valence electrons. The number of benzene rings is 1. The highest BCUT2D eigenvalue weighted by molar-refractivity contribution is 5.94. The number of amidine groups is 1. The monoisotopic (exact) mass is 405 g/mol. The minimum Gasteiger partial charge on any atom is -0.481 e. The molecule has 0 aromatic heterocycles. The Morgan fingerprint density at radius 1 is 1.24 bits per heavy atom. The number of nitrogens with one attached hydrogen (secondary N) is 3. The van der Waals surface area contributed by atoms with E-state index in [2.05, 4.69) is 10.6 Å². The number of aliphatic carboxylic acids is 1. The molecule has 9 nitrogen and oxygen atoms in total. The van der Waals surface area contributed by atoms with Crippen LogP contribution in [0.15, 0.2) is 24.3 Å². The summed E-state index contributed by atoms with van der Waals surface area (Å²) >= 11 is 0. The van der Waals surface area contributed by atoms with Crippen LogP contribution in [0.3, 0.4) is 0 Å². The maximum absolute atomic E-state index is 12.5. The minimum absolute atomic E-state index is 0.0158. The van der Waals surface area contributed by atoms with Crippen molar-refractivity contribution < 1.29 is 19.5 Å². The third-order valence-electron chi connectivity index (χ3n) is 4.03. The highest BCUT2D eigenvalue weighted by Gasteiger charge is 2.35. The largest absolute Gasteiger partial charge is 0.481 e. The van der Waals surface area contributed by atoms with Gasteiger partial charge in [0, 0.05) is 31.1 Å². The zero-order valence-electron chi connectivity index (χ0n) is 17.4. The number of nitrogens with zero attached hydrogens (tertiary/aromatic N) is 1. The lowest BCUT2D eigenvalue weighted by atomic mass is 10.1. The van der Waals surface area contributed by atoms with Crippen molar-refractivity contribution >= 4 is 23.7 Å². The van der Waals surface area contributed by atoms with Crippen LogP contribution in [-0.4, -0.2) is 51.9 Å². The van der Waals surface area contributed by atoms with Crippen LogP contribution in [0, 0.1) is 5.41 Å². The van der Waals surface area contributed by atoms with Gasteiger partial charge < -0.3 is 26.4 Å². The predicted octanol–water partition coefficient (Wildman–Crippen LogP) is 1.65. The lowest BCUT2D eigenvalue weighted by molar-refractivity contribution is -0.134. The van der Waals surface area contributed by atoms with Crippen molar-refractivity contribution in [2.75, 3.05) is 6.54 Å². The number of carboxylic acid groups (broad SMARTS) is 1. The van der Waals surface area contributed by atoms with Gasteiger partial charge in [0.25, 0.3) is 5.97 Å². The summed E-state index contributed by atoms with van der Waals surface area (Å²) in [7, 11) is 0. The Labute approximate surface area is 171 Å². The zero-order chi connectivity index (χ0) is 22.2. The summed E-state index contributed by atoms with van der Waals surface area (Å²) in [4.78, 5) is 35.5. The summed E-state index contributed by atoms with van der Waals surface area (Å²) in [6.45, 7) is 7.80. The number of nitrogens with two attached hydrogens (primary N) is 1. The molecule has 2 rings (SSSR count). The van der Waals surface area contributed by atoms with Crippen molar-refractivity contribution in [3.05, 3.63) is 35.4 Å². The van der Waals surface area contributed by atoms with Crippen LogP contribution in [-0.2, 0) is 16.1 Å². The van der Waals surface area contributed by atoms with Crippen molar-refractivity contribution in [3.63, 3.8) is 0 Å². The predicted molar refractivity (Wildman–Crippen MR) is 111 cm³/mol. The molecule has 0 bridgehead atoms. The molecular weight excluding hydrogens is 374 g/mol. The van der Waals surface area contributed by atoms with Gasteiger partial charge in [0.15, 0.2) is 0 Å². The van der Waals surface area contributed by atoms with Gasteiger partial charge in [-0.25, -0.2) is 4.79 Å². The molecule has 6 N–H and O–H groups in total. The van der Waals surface area contributed by atoms with Crippen LogP contribution in [0.4, 0.5) is 4.79 Å². The van der Waals surface area contributed by atoms with Crippen LogP contribution in [0.1, 0.15) is 51.7 Å². The maximum atomic E-state index is 12.5. The SMILES string of the molecule is CC(=O)O.CC(C)(C)NC(=O)N1CCC[C@H]1C(=O)NCc1ccc(C(=N)N)cc1. The summed E-state index contributed by atoms with van der Waals surface area (Å²) in [6, 6.07) is 6.53. The molecule has 1 aliphatic rings. The third kappa shape index (κ3) is 8.63. The molecule has 1 atom stereocenters. The molecule has 3 amide bonds. The number of amides is 3. The zero-order valence-corrected chi connectivity index (χ0v) is 17.4. The molecule has 9 heteroatoms. The summed E-state index contributed by atoms with van der Waals surface area (Å²) < 4.78 is 0. The van der Waals surface area contributed by atoms with Gasteiger partial charge >= 0.3 is 6.03 Å². The second kappa shape index (κ2) is 10.4. The number of carbonyl (C=O) groups excluding carboxylic acids is 2. The fraction of sp³-hybridized carbons (Fsp3) is 0.500. The van der Waals surface area contributed by atoms with E-state index in [0.717, 1.165) is 18.9 Å². The number of urea groups is 1. The van der Waals surface area contributed by atoms with Crippen LogP contribution in [0.2, 0.25) is 0 Å². The molecule has 1 fully saturated rings. The van der Waals surface area contributed by atoms with E-state index in [4.69, 9.17) is 21.0 Å². The summed E-state index contributed by atoms with van der Waals surface area (Å²) in [5.41, 5.74) is 6.66. The lowest BCUT2D eigenvalue weighted by Crippen LogP contribution is -2.53. The summed E-state index contributed by atoms with van der Waals surface area (Å²) in [5.74, 6) is -0.959. The van der Waals surface area contributed by atoms with E-state index in [1.165, 1.54) is 0 Å². The highest BCUT2D eigenvalue weighted by Crippen LogP contribution is 2.18. The minimum atomic E-state index is -0.833. The van der Waals surface area contributed by atoms with Crippen LogP contribution in [0.25, 0.3) is 0 Å². The van der Waals surface area contributed by atoms with E-state index in [9.17, 15) is 9.59 Å². The highest BCUT2D eigenvalue weighted by atomic mass is 16.4. The Kier molecular flexibility index (Phi) is 8.62. The van der Waals surface area contributed by atoms with Gasteiger partial charge in [-0.2, -0.15) is 0 Å². The number of hydrogen-bond acceptors (Lipinski definition) is 4. The van der Waals surface area contributed by atoms with E-state index < -0.39 is 12.0 Å². The average Bonchev–Trinajstić information content (AvgIpc) is 3.08. The summed E-state index contributed by atoms with van der Waals surface area (Å²) in [6.07, 6.45) is 1.50. The van der Waals surface area contributed by atoms with E-state index >= 15 is 0 Å². The molecule has 1 aromatic carbocycles. The molecule has 0 saturated carbocycles. The van der Waals surface area contributed by atoms with Crippen molar-refractivity contribution in [1.29, 1.82) is 5.41 Å². The molecule has 0 aliphatic carbocycles. The molecule has 1 saturated heterocycles. The first-order valence-corrected chi connectivity index (χ1v) is 9.40. The molecule has 0 spiro atoms. The molecular formula is C20H31N5O4. The second-order valence-corrected chi connectivity index (χ2v) is 7.88. The van der Waals surface area contributed by atoms with Gasteiger partial charge in [0.1, 0.15) is 11.9 Å². The van der Waals surface area contributed by atoms with Gasteiger partial charge in [0.05, 0.1) is 0 Å². The lowest BCUT2D eigenvalue weighted by Gasteiger charge is -2.29. The van der Waals surface area contributed by atoms with Crippen LogP contribution in [0.5, 0.6) is 0 Å². The molecule has 1 heterocycles. The third-order valence-corrected chi connectivity index (χ3v) is 4.03. The van der Waals surface area contributed by atoms with Crippen molar-refractivity contribution in [3.8, 4) is 0 Å². The summed E-state index contributed by atoms with van der Waals surface area (Å²) in [5, 5.41) is 20.6. The normalized spacial score (nSPS) is 15.7. The number of carbonyl (C=O) groups is 3. The first-order valence-electron chi connectivity index (χ1n) is 9.40. The van der Waals surface area contributed by atoms with Gasteiger partial charge in [-0.15, -0.1) is 0 Å². The average molecular weight is 405 g/mol. The van der Waals surface area contributed by atoms with Crippen LogP contribution < -0.4 is 16.4 Å². The number of likely N-dealkylation sites (tertiary alicyclic amines) is 1. The van der Waals surface area contributed by atoms with Gasteiger partial charge in [-0.05, 0) is 39.2 Å². The molecule has 1 aromatic rings. The van der Waals surface area contributed by atoms with Gasteiger partial charge in [0.2, 0.25) is 5.91 Å². The fourth-order valence-corrected chi connectivity index (χ4v) is 2.78. The quantitative estimate of drug-likeness (QED) is 0.381. The van der Waals surface area contributed by atoms with Crippen molar-refractivity contribution in [1.82, 2.24) is 15.5 Å². The first kappa shape index (κ1) is 23.9.